The highest BCUT2D eigenvalue weighted by molar-refractivity contribution is 5.98. The number of carbonyl (C=O) groups excluding carboxylic acids is 2. The van der Waals surface area contributed by atoms with Gasteiger partial charge in [-0.15, -0.1) is 0 Å². The summed E-state index contributed by atoms with van der Waals surface area (Å²) in [5, 5.41) is 5.70. The van der Waals surface area contributed by atoms with E-state index >= 15 is 0 Å². The molecule has 1 aromatic carbocycles. The molecule has 0 aliphatic carbocycles. The van der Waals surface area contributed by atoms with Crippen LogP contribution in [0.3, 0.4) is 0 Å². The van der Waals surface area contributed by atoms with Crippen LogP contribution in [0.4, 0.5) is 0 Å². The Morgan fingerprint density at radius 3 is 2.56 bits per heavy atom. The number of para-hydroxylation sites is 1. The van der Waals surface area contributed by atoms with E-state index in [-0.39, 0.29) is 17.5 Å². The normalized spacial score (nSPS) is 10.5. The Morgan fingerprint density at radius 2 is 1.81 bits per heavy atom. The fourth-order valence-electron chi connectivity index (χ4n) is 2.58. The summed E-state index contributed by atoms with van der Waals surface area (Å²) < 4.78 is 5.31. The molecule has 0 bridgehead atoms. The Hall–Kier alpha value is -2.89. The summed E-state index contributed by atoms with van der Waals surface area (Å²) >= 11 is 0. The molecule has 0 aliphatic heterocycles. The topological polar surface area (TPSA) is 80.3 Å². The van der Waals surface area contributed by atoms with Gasteiger partial charge in [-0.25, -0.2) is 0 Å². The lowest BCUT2D eigenvalue weighted by Crippen LogP contribution is -2.28. The van der Waals surface area contributed by atoms with Crippen molar-refractivity contribution in [2.45, 2.75) is 26.7 Å². The quantitative estimate of drug-likeness (QED) is 0.712. The highest BCUT2D eigenvalue weighted by atomic mass is 16.5. The molecule has 144 valence electrons. The summed E-state index contributed by atoms with van der Waals surface area (Å²) in [6.45, 7) is 5.26. The SMILES string of the molecule is COc1ccccc1CCNC(=O)c1ccnc(C(=O)NCCC(C)C)c1. The first kappa shape index (κ1) is 20.4. The minimum absolute atomic E-state index is 0.233. The van der Waals surface area contributed by atoms with Crippen LogP contribution in [0, 0.1) is 5.92 Å². The average Bonchev–Trinajstić information content (AvgIpc) is 2.68. The van der Waals surface area contributed by atoms with Crippen molar-refractivity contribution in [2.75, 3.05) is 20.2 Å². The van der Waals surface area contributed by atoms with E-state index < -0.39 is 0 Å². The molecule has 2 rings (SSSR count). The molecule has 6 heteroatoms. The minimum Gasteiger partial charge on any atom is -0.496 e. The number of rotatable bonds is 9. The van der Waals surface area contributed by atoms with Gasteiger partial charge < -0.3 is 15.4 Å². The summed E-state index contributed by atoms with van der Waals surface area (Å²) in [6.07, 6.45) is 3.03. The maximum absolute atomic E-state index is 12.4. The van der Waals surface area contributed by atoms with Gasteiger partial charge in [0.1, 0.15) is 11.4 Å². The highest BCUT2D eigenvalue weighted by Gasteiger charge is 2.12. The van der Waals surface area contributed by atoms with Crippen molar-refractivity contribution in [2.24, 2.45) is 5.92 Å². The molecule has 0 atom stereocenters. The molecule has 2 N–H and O–H groups in total. The molecule has 0 spiro atoms. The van der Waals surface area contributed by atoms with Crippen LogP contribution in [-0.4, -0.2) is 37.0 Å². The van der Waals surface area contributed by atoms with Crippen LogP contribution >= 0.6 is 0 Å². The lowest BCUT2D eigenvalue weighted by Gasteiger charge is -2.10. The molecular formula is C21H27N3O3. The molecule has 2 amide bonds. The number of nitrogens with zero attached hydrogens (tertiary/aromatic N) is 1. The molecule has 0 fully saturated rings. The molecule has 1 aromatic heterocycles. The summed E-state index contributed by atoms with van der Waals surface area (Å²) in [7, 11) is 1.63. The van der Waals surface area contributed by atoms with E-state index in [1.54, 1.807) is 13.2 Å². The number of benzene rings is 1. The van der Waals surface area contributed by atoms with Crippen LogP contribution in [0.1, 0.15) is 46.7 Å². The molecule has 0 saturated carbocycles. The summed E-state index contributed by atoms with van der Waals surface area (Å²) in [5.74, 6) is 0.817. The number of hydrogen-bond acceptors (Lipinski definition) is 4. The Balaban J connectivity index is 1.90. The van der Waals surface area contributed by atoms with E-state index in [2.05, 4.69) is 29.5 Å². The number of nitrogens with one attached hydrogen (secondary N) is 2. The van der Waals surface area contributed by atoms with Gasteiger partial charge in [0.25, 0.3) is 11.8 Å². The third-order valence-corrected chi connectivity index (χ3v) is 4.13. The predicted octanol–water partition coefficient (Wildman–Crippen LogP) is 2.84. The second-order valence-corrected chi connectivity index (χ2v) is 6.69. The number of aromatic nitrogens is 1. The third-order valence-electron chi connectivity index (χ3n) is 4.13. The van der Waals surface area contributed by atoms with Crippen molar-refractivity contribution in [3.05, 3.63) is 59.4 Å². The summed E-state index contributed by atoms with van der Waals surface area (Å²) in [4.78, 5) is 28.6. The van der Waals surface area contributed by atoms with Gasteiger partial charge in [-0.05, 0) is 42.5 Å². The summed E-state index contributed by atoms with van der Waals surface area (Å²) in [5.41, 5.74) is 1.69. The number of hydrogen-bond donors (Lipinski definition) is 2. The van der Waals surface area contributed by atoms with Gasteiger partial charge >= 0.3 is 0 Å². The van der Waals surface area contributed by atoms with Crippen LogP contribution in [0.5, 0.6) is 5.75 Å². The molecule has 0 radical (unpaired) electrons. The van der Waals surface area contributed by atoms with Gasteiger partial charge in [-0.3, -0.25) is 14.6 Å². The second kappa shape index (κ2) is 10.3. The van der Waals surface area contributed by atoms with Crippen LogP contribution in [-0.2, 0) is 6.42 Å². The lowest BCUT2D eigenvalue weighted by molar-refractivity contribution is 0.0947. The molecule has 27 heavy (non-hydrogen) atoms. The predicted molar refractivity (Wildman–Crippen MR) is 105 cm³/mol. The van der Waals surface area contributed by atoms with Gasteiger partial charge in [0.05, 0.1) is 7.11 Å². The first-order valence-corrected chi connectivity index (χ1v) is 9.15. The Kier molecular flexibility index (Phi) is 7.79. The minimum atomic E-state index is -0.265. The highest BCUT2D eigenvalue weighted by Crippen LogP contribution is 2.17. The van der Waals surface area contributed by atoms with Crippen molar-refractivity contribution in [3.8, 4) is 5.75 Å². The Morgan fingerprint density at radius 1 is 1.07 bits per heavy atom. The van der Waals surface area contributed by atoms with E-state index in [1.807, 2.05) is 24.3 Å². The van der Waals surface area contributed by atoms with Crippen LogP contribution < -0.4 is 15.4 Å². The standard InChI is InChI=1S/C21H27N3O3/c1-15(2)8-11-24-21(26)18-14-17(10-12-22-18)20(25)23-13-9-16-6-4-5-7-19(16)27-3/h4-7,10,12,14-15H,8-9,11,13H2,1-3H3,(H,23,25)(H,24,26). The van der Waals surface area contributed by atoms with Gasteiger partial charge in [-0.1, -0.05) is 32.0 Å². The fourth-order valence-corrected chi connectivity index (χ4v) is 2.58. The maximum Gasteiger partial charge on any atom is 0.269 e. The van der Waals surface area contributed by atoms with E-state index in [4.69, 9.17) is 4.74 Å². The molecule has 1 heterocycles. The van der Waals surface area contributed by atoms with Gasteiger partial charge in [-0.2, -0.15) is 0 Å². The van der Waals surface area contributed by atoms with Crippen molar-refractivity contribution < 1.29 is 14.3 Å². The van der Waals surface area contributed by atoms with Gasteiger partial charge in [0.15, 0.2) is 0 Å². The van der Waals surface area contributed by atoms with Crippen LogP contribution in [0.15, 0.2) is 42.6 Å². The molecular weight excluding hydrogens is 342 g/mol. The van der Waals surface area contributed by atoms with Crippen molar-refractivity contribution >= 4 is 11.8 Å². The summed E-state index contributed by atoms with van der Waals surface area (Å²) in [6, 6.07) is 10.8. The first-order chi connectivity index (χ1) is 13.0. The first-order valence-electron chi connectivity index (χ1n) is 9.15. The molecule has 0 aliphatic rings. The van der Waals surface area contributed by atoms with Crippen molar-refractivity contribution in [1.82, 2.24) is 15.6 Å². The van der Waals surface area contributed by atoms with Crippen molar-refractivity contribution in [1.29, 1.82) is 0 Å². The van der Waals surface area contributed by atoms with Crippen molar-refractivity contribution in [3.63, 3.8) is 0 Å². The largest absolute Gasteiger partial charge is 0.496 e. The zero-order chi connectivity index (χ0) is 19.6. The van der Waals surface area contributed by atoms with E-state index in [1.165, 1.54) is 12.3 Å². The third kappa shape index (κ3) is 6.40. The molecule has 2 aromatic rings. The lowest BCUT2D eigenvalue weighted by atomic mass is 10.1. The zero-order valence-electron chi connectivity index (χ0n) is 16.1. The average molecular weight is 369 g/mol. The number of pyridine rings is 1. The Bertz CT molecular complexity index is 775. The van der Waals surface area contributed by atoms with Crippen LogP contribution in [0.2, 0.25) is 0 Å². The fraction of sp³-hybridized carbons (Fsp3) is 0.381. The monoisotopic (exact) mass is 369 g/mol. The molecule has 0 saturated heterocycles. The van der Waals surface area contributed by atoms with Crippen LogP contribution in [0.25, 0.3) is 0 Å². The number of ether oxygens (including phenoxy) is 1. The van der Waals surface area contributed by atoms with Gasteiger partial charge in [0, 0.05) is 24.8 Å². The zero-order valence-corrected chi connectivity index (χ0v) is 16.1. The van der Waals surface area contributed by atoms with E-state index in [0.29, 0.717) is 31.0 Å². The van der Waals surface area contributed by atoms with Gasteiger partial charge in [0.2, 0.25) is 0 Å². The van der Waals surface area contributed by atoms with E-state index in [9.17, 15) is 9.59 Å². The second-order valence-electron chi connectivity index (χ2n) is 6.69. The number of amides is 2. The molecule has 0 unspecified atom stereocenters. The van der Waals surface area contributed by atoms with E-state index in [0.717, 1.165) is 17.7 Å². The molecule has 6 nitrogen and oxygen atoms in total. The number of methoxy groups -OCH3 is 1. The maximum atomic E-state index is 12.4. The smallest absolute Gasteiger partial charge is 0.269 e. The number of carbonyl (C=O) groups is 2. The Labute approximate surface area is 160 Å².